The van der Waals surface area contributed by atoms with Gasteiger partial charge in [-0.1, -0.05) is 24.6 Å². The number of benzene rings is 2. The zero-order valence-corrected chi connectivity index (χ0v) is 20.4. The Balaban J connectivity index is 1.61. The van der Waals surface area contributed by atoms with Crippen molar-refractivity contribution < 1.29 is 13.2 Å². The van der Waals surface area contributed by atoms with Crippen LogP contribution in [-0.2, 0) is 16.4 Å². The molecule has 1 aliphatic heterocycles. The molecule has 1 unspecified atom stereocenters. The number of aryl methyl sites for hydroxylation is 2. The Hall–Kier alpha value is -2.38. The van der Waals surface area contributed by atoms with Gasteiger partial charge < -0.3 is 10.2 Å². The molecule has 0 spiro atoms. The molecule has 1 amide bonds. The van der Waals surface area contributed by atoms with E-state index in [1.165, 1.54) is 11.6 Å². The molecular weight excluding hydrogens is 422 g/mol. The molecular formula is C25H35N3O3S. The van der Waals surface area contributed by atoms with Crippen LogP contribution in [0, 0.1) is 6.92 Å². The molecule has 0 bridgehead atoms. The zero-order chi connectivity index (χ0) is 23.3. The third-order valence-electron chi connectivity index (χ3n) is 6.18. The molecule has 0 aliphatic carbocycles. The second-order valence-corrected chi connectivity index (χ2v) is 10.7. The molecule has 3 rings (SSSR count). The number of sulfonamides is 1. The van der Waals surface area contributed by atoms with Gasteiger partial charge in [-0.25, -0.2) is 8.42 Å². The summed E-state index contributed by atoms with van der Waals surface area (Å²) in [5, 5.41) is 2.95. The quantitative estimate of drug-likeness (QED) is 0.609. The lowest BCUT2D eigenvalue weighted by Crippen LogP contribution is -2.42. The van der Waals surface area contributed by atoms with E-state index in [0.717, 1.165) is 43.4 Å². The Labute approximate surface area is 192 Å². The number of carbonyl (C=O) groups excluding carboxylic acids is 1. The van der Waals surface area contributed by atoms with Crippen LogP contribution in [0.3, 0.4) is 0 Å². The first kappa shape index (κ1) is 24.3. The molecule has 32 heavy (non-hydrogen) atoms. The van der Waals surface area contributed by atoms with Crippen molar-refractivity contribution in [2.24, 2.45) is 0 Å². The molecule has 1 N–H and O–H groups in total. The molecule has 0 radical (unpaired) electrons. The number of rotatable bonds is 8. The highest BCUT2D eigenvalue weighted by atomic mass is 32.2. The third kappa shape index (κ3) is 5.70. The van der Waals surface area contributed by atoms with Gasteiger partial charge in [0.1, 0.15) is 0 Å². The molecule has 1 fully saturated rings. The van der Waals surface area contributed by atoms with E-state index in [-0.39, 0.29) is 16.8 Å². The van der Waals surface area contributed by atoms with Crippen molar-refractivity contribution in [1.29, 1.82) is 0 Å². The second-order valence-electron chi connectivity index (χ2n) is 8.86. The number of nitrogens with zero attached hydrogens (tertiary/aromatic N) is 2. The van der Waals surface area contributed by atoms with Crippen LogP contribution in [0.15, 0.2) is 47.4 Å². The van der Waals surface area contributed by atoms with Crippen molar-refractivity contribution in [1.82, 2.24) is 9.62 Å². The average Bonchev–Trinajstić information content (AvgIpc) is 2.77. The van der Waals surface area contributed by atoms with Gasteiger partial charge in [0.05, 0.1) is 4.90 Å². The fourth-order valence-electron chi connectivity index (χ4n) is 4.12. The van der Waals surface area contributed by atoms with Crippen LogP contribution in [0.1, 0.15) is 54.1 Å². The molecule has 1 atom stereocenters. The van der Waals surface area contributed by atoms with E-state index in [1.807, 2.05) is 27.9 Å². The van der Waals surface area contributed by atoms with Crippen LogP contribution in [0.5, 0.6) is 0 Å². The first-order valence-corrected chi connectivity index (χ1v) is 12.8. The number of piperidine rings is 1. The van der Waals surface area contributed by atoms with Gasteiger partial charge >= 0.3 is 0 Å². The smallest absolute Gasteiger partial charge is 0.251 e. The number of carbonyl (C=O) groups is 1. The van der Waals surface area contributed by atoms with Crippen LogP contribution in [0.2, 0.25) is 0 Å². The van der Waals surface area contributed by atoms with Crippen LogP contribution < -0.4 is 10.2 Å². The number of anilines is 1. The summed E-state index contributed by atoms with van der Waals surface area (Å²) < 4.78 is 27.9. The largest absolute Gasteiger partial charge is 0.378 e. The molecule has 0 saturated carbocycles. The Morgan fingerprint density at radius 1 is 1.12 bits per heavy atom. The summed E-state index contributed by atoms with van der Waals surface area (Å²) in [5.74, 6) is -0.228. The molecule has 1 heterocycles. The third-order valence-corrected chi connectivity index (χ3v) is 8.19. The van der Waals surface area contributed by atoms with E-state index in [9.17, 15) is 13.2 Å². The first-order valence-electron chi connectivity index (χ1n) is 11.4. The van der Waals surface area contributed by atoms with Crippen molar-refractivity contribution in [2.75, 3.05) is 32.1 Å². The normalized spacial score (nSPS) is 17.2. The fourth-order valence-corrected chi connectivity index (χ4v) is 5.85. The maximum absolute atomic E-state index is 13.2. The van der Waals surface area contributed by atoms with Crippen molar-refractivity contribution in [3.63, 3.8) is 0 Å². The van der Waals surface area contributed by atoms with Crippen molar-refractivity contribution >= 4 is 21.6 Å². The van der Waals surface area contributed by atoms with E-state index in [2.05, 4.69) is 34.5 Å². The monoisotopic (exact) mass is 457 g/mol. The van der Waals surface area contributed by atoms with E-state index >= 15 is 0 Å². The van der Waals surface area contributed by atoms with E-state index in [4.69, 9.17) is 0 Å². The van der Waals surface area contributed by atoms with Crippen molar-refractivity contribution in [3.05, 3.63) is 59.2 Å². The maximum atomic E-state index is 13.2. The van der Waals surface area contributed by atoms with Gasteiger partial charge in [-0.2, -0.15) is 4.31 Å². The fraction of sp³-hybridized carbons (Fsp3) is 0.480. The van der Waals surface area contributed by atoms with Gasteiger partial charge in [0, 0.05) is 44.5 Å². The van der Waals surface area contributed by atoms with Gasteiger partial charge in [0.25, 0.3) is 5.91 Å². The predicted octanol–water partition coefficient (Wildman–Crippen LogP) is 3.99. The molecule has 2 aromatic rings. The summed E-state index contributed by atoms with van der Waals surface area (Å²) in [4.78, 5) is 15.1. The van der Waals surface area contributed by atoms with Gasteiger partial charge in [-0.05, 0) is 74.9 Å². The lowest BCUT2D eigenvalue weighted by atomic mass is 10.1. The zero-order valence-electron chi connectivity index (χ0n) is 19.6. The van der Waals surface area contributed by atoms with Gasteiger partial charge in [-0.15, -0.1) is 0 Å². The highest BCUT2D eigenvalue weighted by molar-refractivity contribution is 7.89. The predicted molar refractivity (Wildman–Crippen MR) is 130 cm³/mol. The highest BCUT2D eigenvalue weighted by Crippen LogP contribution is 2.26. The number of hydrogen-bond donors (Lipinski definition) is 1. The SMILES string of the molecule is Cc1ccc(S(=O)(=O)N2CCCCC2C)cc1C(=O)NCCCc1ccc(N(C)C)cc1. The Morgan fingerprint density at radius 2 is 1.84 bits per heavy atom. The van der Waals surface area contributed by atoms with Gasteiger partial charge in [0.15, 0.2) is 0 Å². The Morgan fingerprint density at radius 3 is 2.50 bits per heavy atom. The topological polar surface area (TPSA) is 69.7 Å². The number of nitrogens with one attached hydrogen (secondary N) is 1. The van der Waals surface area contributed by atoms with E-state index < -0.39 is 10.0 Å². The summed E-state index contributed by atoms with van der Waals surface area (Å²) in [6, 6.07) is 13.2. The maximum Gasteiger partial charge on any atom is 0.251 e. The first-order chi connectivity index (χ1) is 15.2. The Kier molecular flexibility index (Phi) is 7.96. The molecule has 6 nitrogen and oxygen atoms in total. The molecule has 1 aliphatic rings. The van der Waals surface area contributed by atoms with Crippen LogP contribution in [0.25, 0.3) is 0 Å². The lowest BCUT2D eigenvalue weighted by molar-refractivity contribution is 0.0952. The summed E-state index contributed by atoms with van der Waals surface area (Å²) in [5.41, 5.74) is 3.58. The van der Waals surface area contributed by atoms with Gasteiger partial charge in [-0.3, -0.25) is 4.79 Å². The molecule has 1 saturated heterocycles. The summed E-state index contributed by atoms with van der Waals surface area (Å²) in [6.45, 7) is 4.86. The standard InChI is InChI=1S/C25H35N3O3S/c1-19-10-15-23(32(30,31)28-17-6-5-8-20(28)2)18-24(19)25(29)26-16-7-9-21-11-13-22(14-12-21)27(3)4/h10-15,18,20H,5-9,16-17H2,1-4H3,(H,26,29). The van der Waals surface area contributed by atoms with E-state index in [0.29, 0.717) is 18.7 Å². The van der Waals surface area contributed by atoms with Crippen LogP contribution in [0.4, 0.5) is 5.69 Å². The van der Waals surface area contributed by atoms with E-state index in [1.54, 1.807) is 16.4 Å². The number of amides is 1. The summed E-state index contributed by atoms with van der Waals surface area (Å²) in [7, 11) is 0.422. The molecule has 174 valence electrons. The minimum absolute atomic E-state index is 0.0147. The molecule has 2 aromatic carbocycles. The molecule has 0 aromatic heterocycles. The number of hydrogen-bond acceptors (Lipinski definition) is 4. The average molecular weight is 458 g/mol. The molecule has 7 heteroatoms. The summed E-state index contributed by atoms with van der Waals surface area (Å²) >= 11 is 0. The van der Waals surface area contributed by atoms with Crippen molar-refractivity contribution in [2.45, 2.75) is 56.9 Å². The lowest BCUT2D eigenvalue weighted by Gasteiger charge is -2.32. The highest BCUT2D eigenvalue weighted by Gasteiger charge is 2.31. The van der Waals surface area contributed by atoms with Gasteiger partial charge in [0.2, 0.25) is 10.0 Å². The minimum atomic E-state index is -3.61. The second kappa shape index (κ2) is 10.5. The Bertz CT molecular complexity index is 1030. The summed E-state index contributed by atoms with van der Waals surface area (Å²) in [6.07, 6.45) is 4.48. The van der Waals surface area contributed by atoms with Crippen molar-refractivity contribution in [3.8, 4) is 0 Å². The van der Waals surface area contributed by atoms with Crippen LogP contribution in [-0.4, -0.2) is 51.9 Å². The minimum Gasteiger partial charge on any atom is -0.378 e. The van der Waals surface area contributed by atoms with Crippen LogP contribution >= 0.6 is 0 Å².